The molecule has 0 N–H and O–H groups in total. The fourth-order valence-electron chi connectivity index (χ4n) is 4.53. The maximum Gasteiger partial charge on any atom is 0.256 e. The number of morpholine rings is 1. The lowest BCUT2D eigenvalue weighted by molar-refractivity contribution is 0.0383. The van der Waals surface area contributed by atoms with Gasteiger partial charge >= 0.3 is 0 Å². The van der Waals surface area contributed by atoms with E-state index in [4.69, 9.17) is 9.72 Å². The van der Waals surface area contributed by atoms with Crippen molar-refractivity contribution in [3.8, 4) is 0 Å². The molecule has 3 aromatic rings. The number of carbonyl (C=O) groups excluding carboxylic acids is 1. The largest absolute Gasteiger partial charge is 0.375 e. The van der Waals surface area contributed by atoms with Gasteiger partial charge in [0.05, 0.1) is 29.5 Å². The van der Waals surface area contributed by atoms with E-state index in [0.29, 0.717) is 19.7 Å². The Hall–Kier alpha value is -2.92. The van der Waals surface area contributed by atoms with Crippen LogP contribution >= 0.6 is 0 Å². The van der Waals surface area contributed by atoms with Gasteiger partial charge in [0.2, 0.25) is 0 Å². The number of hydrogen-bond acceptors (Lipinski definition) is 4. The maximum atomic E-state index is 13.3. The maximum absolute atomic E-state index is 13.3. The van der Waals surface area contributed by atoms with Crippen molar-refractivity contribution in [1.82, 2.24) is 9.88 Å². The Kier molecular flexibility index (Phi) is 5.13. The minimum absolute atomic E-state index is 0.140. The molecule has 0 saturated carbocycles. The van der Waals surface area contributed by atoms with Gasteiger partial charge in [-0.3, -0.25) is 9.78 Å². The second-order valence-electron chi connectivity index (χ2n) is 8.13. The first-order chi connectivity index (χ1) is 14.7. The Balaban J connectivity index is 1.32. The molecule has 1 aromatic heterocycles. The van der Waals surface area contributed by atoms with Crippen LogP contribution in [0.5, 0.6) is 0 Å². The molecule has 2 aromatic carbocycles. The summed E-state index contributed by atoms with van der Waals surface area (Å²) in [4.78, 5) is 22.3. The SMILES string of the molecule is CCC1CN(c2cccc3c2C(=O)N(CCc2ccc4ccccc4n2)C3)CCO1. The second-order valence-corrected chi connectivity index (χ2v) is 8.13. The Bertz CT molecular complexity index is 1080. The monoisotopic (exact) mass is 401 g/mol. The van der Waals surface area contributed by atoms with Crippen LogP contribution in [0.3, 0.4) is 0 Å². The number of rotatable bonds is 5. The summed E-state index contributed by atoms with van der Waals surface area (Å²) in [7, 11) is 0. The number of aromatic nitrogens is 1. The van der Waals surface area contributed by atoms with Gasteiger partial charge in [-0.25, -0.2) is 0 Å². The van der Waals surface area contributed by atoms with E-state index in [1.54, 1.807) is 0 Å². The van der Waals surface area contributed by atoms with Crippen LogP contribution in [0.2, 0.25) is 0 Å². The third kappa shape index (κ3) is 3.54. The molecular weight excluding hydrogens is 374 g/mol. The minimum atomic E-state index is 0.140. The summed E-state index contributed by atoms with van der Waals surface area (Å²) < 4.78 is 5.82. The number of fused-ring (bicyclic) bond motifs is 2. The van der Waals surface area contributed by atoms with Crippen molar-refractivity contribution in [3.05, 3.63) is 71.4 Å². The molecule has 0 spiro atoms. The number of para-hydroxylation sites is 1. The zero-order valence-electron chi connectivity index (χ0n) is 17.4. The van der Waals surface area contributed by atoms with Crippen LogP contribution in [0.15, 0.2) is 54.6 Å². The number of benzene rings is 2. The molecule has 0 bridgehead atoms. The van der Waals surface area contributed by atoms with E-state index in [9.17, 15) is 4.79 Å². The summed E-state index contributed by atoms with van der Waals surface area (Å²) in [5.41, 5.74) is 5.09. The summed E-state index contributed by atoms with van der Waals surface area (Å²) in [6.45, 7) is 5.91. The molecule has 1 amide bonds. The smallest absolute Gasteiger partial charge is 0.256 e. The number of carbonyl (C=O) groups is 1. The highest BCUT2D eigenvalue weighted by Crippen LogP contribution is 2.33. The van der Waals surface area contributed by atoms with Crippen LogP contribution in [0, 0.1) is 0 Å². The molecule has 1 fully saturated rings. The Labute approximate surface area is 177 Å². The summed E-state index contributed by atoms with van der Waals surface area (Å²) in [5.74, 6) is 0.140. The topological polar surface area (TPSA) is 45.7 Å². The standard InChI is InChI=1S/C25H27N3O2/c1-2-21-17-27(14-15-30-21)23-9-5-7-19-16-28(25(29)24(19)23)13-12-20-11-10-18-6-3-4-8-22(18)26-20/h3-11,21H,2,12-17H2,1H3. The molecule has 2 aliphatic rings. The fourth-order valence-corrected chi connectivity index (χ4v) is 4.53. The predicted octanol–water partition coefficient (Wildman–Crippen LogP) is 4.05. The van der Waals surface area contributed by atoms with Gasteiger partial charge in [0, 0.05) is 43.7 Å². The van der Waals surface area contributed by atoms with E-state index in [-0.39, 0.29) is 12.0 Å². The molecule has 154 valence electrons. The van der Waals surface area contributed by atoms with Crippen molar-refractivity contribution in [2.45, 2.75) is 32.4 Å². The van der Waals surface area contributed by atoms with Crippen molar-refractivity contribution >= 4 is 22.5 Å². The third-order valence-corrected chi connectivity index (χ3v) is 6.22. The van der Waals surface area contributed by atoms with E-state index in [1.165, 1.54) is 0 Å². The van der Waals surface area contributed by atoms with Gasteiger partial charge in [-0.1, -0.05) is 43.3 Å². The Morgan fingerprint density at radius 3 is 2.90 bits per heavy atom. The van der Waals surface area contributed by atoms with Crippen molar-refractivity contribution in [3.63, 3.8) is 0 Å². The van der Waals surface area contributed by atoms with Gasteiger partial charge < -0.3 is 14.5 Å². The highest BCUT2D eigenvalue weighted by Gasteiger charge is 2.32. The van der Waals surface area contributed by atoms with E-state index in [2.05, 4.69) is 48.2 Å². The van der Waals surface area contributed by atoms with Crippen molar-refractivity contribution in [2.24, 2.45) is 0 Å². The number of hydrogen-bond donors (Lipinski definition) is 0. The quantitative estimate of drug-likeness (QED) is 0.647. The molecule has 5 heteroatoms. The van der Waals surface area contributed by atoms with E-state index < -0.39 is 0 Å². The first-order valence-electron chi connectivity index (χ1n) is 10.9. The van der Waals surface area contributed by atoms with Gasteiger partial charge in [-0.05, 0) is 30.2 Å². The van der Waals surface area contributed by atoms with E-state index in [0.717, 1.165) is 59.3 Å². The highest BCUT2D eigenvalue weighted by molar-refractivity contribution is 6.03. The summed E-state index contributed by atoms with van der Waals surface area (Å²) in [5, 5.41) is 1.14. The van der Waals surface area contributed by atoms with E-state index >= 15 is 0 Å². The normalized spacial score (nSPS) is 18.8. The van der Waals surface area contributed by atoms with Gasteiger partial charge in [0.15, 0.2) is 0 Å². The lowest BCUT2D eigenvalue weighted by Gasteiger charge is -2.35. The molecule has 2 aliphatic heterocycles. The number of ether oxygens (including phenoxy) is 1. The molecule has 5 nitrogen and oxygen atoms in total. The summed E-state index contributed by atoms with van der Waals surface area (Å²) in [6.07, 6.45) is 1.99. The Morgan fingerprint density at radius 1 is 1.10 bits per heavy atom. The summed E-state index contributed by atoms with van der Waals surface area (Å²) >= 11 is 0. The van der Waals surface area contributed by atoms with Crippen molar-refractivity contribution in [2.75, 3.05) is 31.1 Å². The molecular formula is C25H27N3O2. The predicted molar refractivity (Wildman–Crippen MR) is 119 cm³/mol. The number of anilines is 1. The molecule has 30 heavy (non-hydrogen) atoms. The zero-order chi connectivity index (χ0) is 20.5. The highest BCUT2D eigenvalue weighted by atomic mass is 16.5. The molecule has 0 aliphatic carbocycles. The molecule has 1 saturated heterocycles. The van der Waals surface area contributed by atoms with E-state index in [1.807, 2.05) is 23.1 Å². The van der Waals surface area contributed by atoms with Crippen molar-refractivity contribution < 1.29 is 9.53 Å². The van der Waals surface area contributed by atoms with Crippen LogP contribution in [0.1, 0.15) is 35.0 Å². The molecule has 1 unspecified atom stereocenters. The number of nitrogens with zero attached hydrogens (tertiary/aromatic N) is 3. The first kappa shape index (κ1) is 19.1. The van der Waals surface area contributed by atoms with Crippen LogP contribution in [0.4, 0.5) is 5.69 Å². The third-order valence-electron chi connectivity index (χ3n) is 6.22. The van der Waals surface area contributed by atoms with Gasteiger partial charge in [0.25, 0.3) is 5.91 Å². The lowest BCUT2D eigenvalue weighted by atomic mass is 10.1. The van der Waals surface area contributed by atoms with Gasteiger partial charge in [-0.15, -0.1) is 0 Å². The molecule has 5 rings (SSSR count). The average molecular weight is 402 g/mol. The second kappa shape index (κ2) is 8.07. The first-order valence-corrected chi connectivity index (χ1v) is 10.9. The molecule has 1 atom stereocenters. The molecule has 3 heterocycles. The van der Waals surface area contributed by atoms with Crippen LogP contribution in [0.25, 0.3) is 10.9 Å². The van der Waals surface area contributed by atoms with Crippen molar-refractivity contribution in [1.29, 1.82) is 0 Å². The average Bonchev–Trinajstić information content (AvgIpc) is 3.13. The lowest BCUT2D eigenvalue weighted by Crippen LogP contribution is -2.43. The number of amides is 1. The van der Waals surface area contributed by atoms with Crippen LogP contribution in [-0.2, 0) is 17.7 Å². The minimum Gasteiger partial charge on any atom is -0.375 e. The fraction of sp³-hybridized carbons (Fsp3) is 0.360. The number of pyridine rings is 1. The summed E-state index contributed by atoms with van der Waals surface area (Å²) in [6, 6.07) is 18.6. The van der Waals surface area contributed by atoms with Gasteiger partial charge in [0.1, 0.15) is 0 Å². The zero-order valence-corrected chi connectivity index (χ0v) is 17.4. The van der Waals surface area contributed by atoms with Crippen LogP contribution in [-0.4, -0.2) is 48.1 Å². The Morgan fingerprint density at radius 2 is 2.00 bits per heavy atom. The van der Waals surface area contributed by atoms with Crippen LogP contribution < -0.4 is 4.90 Å². The molecule has 0 radical (unpaired) electrons. The van der Waals surface area contributed by atoms with Gasteiger partial charge in [-0.2, -0.15) is 0 Å².